The molecule has 2 aromatic heterocycles. The molecule has 0 unspecified atom stereocenters. The maximum atomic E-state index is 12.9. The van der Waals surface area contributed by atoms with Crippen molar-refractivity contribution in [3.05, 3.63) is 70.9 Å². The first-order valence-electron chi connectivity index (χ1n) is 8.83. The Labute approximate surface area is 166 Å². The van der Waals surface area contributed by atoms with E-state index in [2.05, 4.69) is 15.5 Å². The smallest absolute Gasteiger partial charge is 0.256 e. The van der Waals surface area contributed by atoms with Gasteiger partial charge >= 0.3 is 0 Å². The first-order chi connectivity index (χ1) is 13.5. The zero-order valence-corrected chi connectivity index (χ0v) is 16.6. The monoisotopic (exact) mass is 393 g/mol. The van der Waals surface area contributed by atoms with E-state index in [0.29, 0.717) is 28.5 Å². The molecular formula is C21H19N3O3S. The van der Waals surface area contributed by atoms with E-state index in [0.717, 1.165) is 27.4 Å². The van der Waals surface area contributed by atoms with Crippen molar-refractivity contribution in [2.24, 2.45) is 0 Å². The summed E-state index contributed by atoms with van der Waals surface area (Å²) in [6, 6.07) is 13.0. The molecule has 0 fully saturated rings. The zero-order valence-electron chi connectivity index (χ0n) is 15.8. The summed E-state index contributed by atoms with van der Waals surface area (Å²) in [5, 5.41) is 6.93. The van der Waals surface area contributed by atoms with Gasteiger partial charge in [0.2, 0.25) is 0 Å². The number of fused-ring (bicyclic) bond motifs is 1. The van der Waals surface area contributed by atoms with Crippen LogP contribution in [0.5, 0.6) is 0 Å². The van der Waals surface area contributed by atoms with E-state index in [4.69, 9.17) is 8.94 Å². The molecule has 28 heavy (non-hydrogen) atoms. The molecule has 4 rings (SSSR count). The molecule has 0 radical (unpaired) electrons. The number of thioether (sulfide) groups is 1. The van der Waals surface area contributed by atoms with E-state index in [9.17, 15) is 4.79 Å². The number of carbonyl (C=O) groups excluding carboxylic acids is 1. The van der Waals surface area contributed by atoms with Crippen LogP contribution < -0.4 is 5.32 Å². The fourth-order valence-electron chi connectivity index (χ4n) is 2.95. The standard InChI is InChI=1S/C21H19N3O3S/c1-12-17(13(2)27-24-12)11-28-20-7-5-4-6-16(20)21(25)23-15-8-9-18-19(10-15)26-14(3)22-18/h4-10H,11H2,1-3H3,(H,23,25). The number of oxazole rings is 1. The number of benzene rings is 2. The van der Waals surface area contributed by atoms with Crippen LogP contribution in [0.2, 0.25) is 0 Å². The highest BCUT2D eigenvalue weighted by molar-refractivity contribution is 7.98. The Bertz CT molecular complexity index is 1140. The van der Waals surface area contributed by atoms with E-state index in [1.54, 1.807) is 24.8 Å². The molecule has 0 spiro atoms. The number of amides is 1. The van der Waals surface area contributed by atoms with Crippen LogP contribution in [0.1, 0.15) is 33.3 Å². The molecule has 1 N–H and O–H groups in total. The van der Waals surface area contributed by atoms with Gasteiger partial charge in [0, 0.05) is 34.9 Å². The predicted molar refractivity (Wildman–Crippen MR) is 109 cm³/mol. The number of aryl methyl sites for hydroxylation is 3. The first-order valence-corrected chi connectivity index (χ1v) is 9.82. The van der Waals surface area contributed by atoms with Crippen LogP contribution in [-0.2, 0) is 5.75 Å². The van der Waals surface area contributed by atoms with E-state index < -0.39 is 0 Å². The molecule has 2 aromatic carbocycles. The summed E-state index contributed by atoms with van der Waals surface area (Å²) in [5.74, 6) is 1.92. The van der Waals surface area contributed by atoms with Crippen molar-refractivity contribution in [3.63, 3.8) is 0 Å². The van der Waals surface area contributed by atoms with Crippen LogP contribution in [0, 0.1) is 20.8 Å². The number of hydrogen-bond donors (Lipinski definition) is 1. The van der Waals surface area contributed by atoms with Crippen LogP contribution in [-0.4, -0.2) is 16.0 Å². The molecule has 4 aromatic rings. The normalized spacial score (nSPS) is 11.1. The number of rotatable bonds is 5. The predicted octanol–water partition coefficient (Wildman–Crippen LogP) is 5.29. The molecule has 6 nitrogen and oxygen atoms in total. The summed E-state index contributed by atoms with van der Waals surface area (Å²) < 4.78 is 10.8. The number of carbonyl (C=O) groups is 1. The molecule has 1 amide bonds. The number of nitrogens with one attached hydrogen (secondary N) is 1. The molecule has 0 atom stereocenters. The lowest BCUT2D eigenvalue weighted by Crippen LogP contribution is -2.12. The topological polar surface area (TPSA) is 81.2 Å². The maximum Gasteiger partial charge on any atom is 0.256 e. The Morgan fingerprint density at radius 1 is 1.14 bits per heavy atom. The summed E-state index contributed by atoms with van der Waals surface area (Å²) in [6.07, 6.45) is 0. The summed E-state index contributed by atoms with van der Waals surface area (Å²) >= 11 is 1.59. The highest BCUT2D eigenvalue weighted by Crippen LogP contribution is 2.29. The van der Waals surface area contributed by atoms with Crippen molar-refractivity contribution >= 4 is 34.5 Å². The summed E-state index contributed by atoms with van der Waals surface area (Å²) in [6.45, 7) is 5.62. The average molecular weight is 393 g/mol. The second-order valence-corrected chi connectivity index (χ2v) is 7.47. The second kappa shape index (κ2) is 7.52. The van der Waals surface area contributed by atoms with Gasteiger partial charge in [-0.25, -0.2) is 4.98 Å². The number of nitrogens with zero attached hydrogens (tertiary/aromatic N) is 2. The molecule has 2 heterocycles. The van der Waals surface area contributed by atoms with Crippen molar-refractivity contribution in [1.82, 2.24) is 10.1 Å². The van der Waals surface area contributed by atoms with Gasteiger partial charge in [0.25, 0.3) is 5.91 Å². The molecule has 0 aliphatic carbocycles. The van der Waals surface area contributed by atoms with Gasteiger partial charge in [-0.1, -0.05) is 17.3 Å². The van der Waals surface area contributed by atoms with Gasteiger partial charge in [-0.05, 0) is 38.1 Å². The van der Waals surface area contributed by atoms with Gasteiger partial charge in [-0.3, -0.25) is 4.79 Å². The number of hydrogen-bond acceptors (Lipinski definition) is 6. The Balaban J connectivity index is 1.53. The minimum atomic E-state index is -0.169. The van der Waals surface area contributed by atoms with Crippen molar-refractivity contribution in [3.8, 4) is 0 Å². The molecule has 142 valence electrons. The molecule has 0 aliphatic rings. The van der Waals surface area contributed by atoms with Crippen molar-refractivity contribution in [1.29, 1.82) is 0 Å². The van der Waals surface area contributed by atoms with Crippen molar-refractivity contribution < 1.29 is 13.7 Å². The van der Waals surface area contributed by atoms with Gasteiger partial charge in [-0.15, -0.1) is 11.8 Å². The minimum Gasteiger partial charge on any atom is -0.441 e. The van der Waals surface area contributed by atoms with E-state index >= 15 is 0 Å². The van der Waals surface area contributed by atoms with Crippen LogP contribution in [0.15, 0.2) is 56.3 Å². The SMILES string of the molecule is Cc1nc2ccc(NC(=O)c3ccccc3SCc3c(C)noc3C)cc2o1. The van der Waals surface area contributed by atoms with E-state index in [1.165, 1.54) is 0 Å². The fraction of sp³-hybridized carbons (Fsp3) is 0.190. The third-order valence-corrected chi connectivity index (χ3v) is 5.54. The van der Waals surface area contributed by atoms with Crippen LogP contribution in [0.3, 0.4) is 0 Å². The van der Waals surface area contributed by atoms with Crippen LogP contribution in [0.25, 0.3) is 11.1 Å². The average Bonchev–Trinajstić information content (AvgIpc) is 3.20. The largest absolute Gasteiger partial charge is 0.441 e. The quantitative estimate of drug-likeness (QED) is 0.464. The molecule has 0 saturated heterocycles. The fourth-order valence-corrected chi connectivity index (χ4v) is 4.16. The molecule has 0 saturated carbocycles. The van der Waals surface area contributed by atoms with Gasteiger partial charge in [0.05, 0.1) is 11.3 Å². The maximum absolute atomic E-state index is 12.9. The lowest BCUT2D eigenvalue weighted by atomic mass is 10.2. The van der Waals surface area contributed by atoms with Gasteiger partial charge in [-0.2, -0.15) is 0 Å². The molecule has 0 aliphatic heterocycles. The number of anilines is 1. The summed E-state index contributed by atoms with van der Waals surface area (Å²) in [5.41, 5.74) is 4.64. The van der Waals surface area contributed by atoms with Gasteiger partial charge in [0.1, 0.15) is 11.3 Å². The summed E-state index contributed by atoms with van der Waals surface area (Å²) in [4.78, 5) is 18.0. The van der Waals surface area contributed by atoms with Gasteiger partial charge in [0.15, 0.2) is 11.5 Å². The van der Waals surface area contributed by atoms with Crippen molar-refractivity contribution in [2.75, 3.05) is 5.32 Å². The Morgan fingerprint density at radius 3 is 2.75 bits per heavy atom. The van der Waals surface area contributed by atoms with Crippen molar-refractivity contribution in [2.45, 2.75) is 31.4 Å². The molecular weight excluding hydrogens is 374 g/mol. The van der Waals surface area contributed by atoms with E-state index in [-0.39, 0.29) is 5.91 Å². The second-order valence-electron chi connectivity index (χ2n) is 6.46. The molecule has 0 bridgehead atoms. The highest BCUT2D eigenvalue weighted by atomic mass is 32.2. The van der Waals surface area contributed by atoms with Crippen LogP contribution in [0.4, 0.5) is 5.69 Å². The van der Waals surface area contributed by atoms with E-state index in [1.807, 2.05) is 50.2 Å². The lowest BCUT2D eigenvalue weighted by Gasteiger charge is -2.10. The van der Waals surface area contributed by atoms with Gasteiger partial charge < -0.3 is 14.3 Å². The summed E-state index contributed by atoms with van der Waals surface area (Å²) in [7, 11) is 0. The lowest BCUT2D eigenvalue weighted by molar-refractivity contribution is 0.102. The first kappa shape index (κ1) is 18.3. The third kappa shape index (κ3) is 3.66. The Morgan fingerprint density at radius 2 is 1.96 bits per heavy atom. The third-order valence-electron chi connectivity index (χ3n) is 4.44. The Hall–Kier alpha value is -3.06. The zero-order chi connectivity index (χ0) is 19.7. The molecule has 7 heteroatoms. The minimum absolute atomic E-state index is 0.169. The number of aromatic nitrogens is 2. The Kier molecular flexibility index (Phi) is 4.92. The highest BCUT2D eigenvalue weighted by Gasteiger charge is 2.15. The van der Waals surface area contributed by atoms with Crippen LogP contribution >= 0.6 is 11.8 Å².